The minimum absolute atomic E-state index is 0.486. The average molecular weight is 232 g/mol. The molecule has 2 rings (SSSR count). The largest absolute Gasteiger partial charge is 0.383 e. The van der Waals surface area contributed by atoms with E-state index in [-0.39, 0.29) is 0 Å². The Morgan fingerprint density at radius 1 is 1.06 bits per heavy atom. The Hall–Kier alpha value is -1.12. The normalized spacial score (nSPS) is 12.8. The highest BCUT2D eigenvalue weighted by atomic mass is 32.1. The average Bonchev–Trinajstić information content (AvgIpc) is 2.63. The maximum absolute atomic E-state index is 10.3. The van der Waals surface area contributed by atoms with E-state index in [2.05, 4.69) is 26.0 Å². The third-order valence-corrected chi connectivity index (χ3v) is 3.94. The molecule has 1 aromatic carbocycles. The quantitative estimate of drug-likeness (QED) is 0.836. The summed E-state index contributed by atoms with van der Waals surface area (Å²) in [6.07, 6.45) is -0.486. The second kappa shape index (κ2) is 4.40. The first kappa shape index (κ1) is 11.4. The van der Waals surface area contributed by atoms with Gasteiger partial charge in [-0.1, -0.05) is 23.8 Å². The molecule has 0 radical (unpaired) electrons. The number of hydrogen-bond donors (Lipinski definition) is 1. The van der Waals surface area contributed by atoms with Gasteiger partial charge in [-0.25, -0.2) is 0 Å². The Morgan fingerprint density at radius 3 is 2.38 bits per heavy atom. The van der Waals surface area contributed by atoms with E-state index < -0.39 is 6.10 Å². The van der Waals surface area contributed by atoms with Crippen LogP contribution in [0.3, 0.4) is 0 Å². The molecule has 1 atom stereocenters. The van der Waals surface area contributed by atoms with Crippen molar-refractivity contribution in [1.82, 2.24) is 0 Å². The van der Waals surface area contributed by atoms with Gasteiger partial charge in [-0.15, -0.1) is 11.3 Å². The van der Waals surface area contributed by atoms with Gasteiger partial charge >= 0.3 is 0 Å². The third-order valence-electron chi connectivity index (χ3n) is 2.87. The van der Waals surface area contributed by atoms with Gasteiger partial charge in [0, 0.05) is 4.88 Å². The van der Waals surface area contributed by atoms with Crippen molar-refractivity contribution in [2.24, 2.45) is 0 Å². The molecule has 2 aromatic rings. The van der Waals surface area contributed by atoms with E-state index in [0.717, 1.165) is 21.6 Å². The van der Waals surface area contributed by atoms with Gasteiger partial charge in [0.2, 0.25) is 0 Å². The van der Waals surface area contributed by atoms with Gasteiger partial charge < -0.3 is 5.11 Å². The molecular weight excluding hydrogens is 216 g/mol. The first-order valence-corrected chi connectivity index (χ1v) is 6.27. The lowest BCUT2D eigenvalue weighted by atomic mass is 9.99. The van der Waals surface area contributed by atoms with E-state index in [9.17, 15) is 5.11 Å². The molecule has 0 aliphatic heterocycles. The summed E-state index contributed by atoms with van der Waals surface area (Å²) >= 11 is 1.62. The third kappa shape index (κ3) is 2.04. The smallest absolute Gasteiger partial charge is 0.114 e. The van der Waals surface area contributed by atoms with Gasteiger partial charge in [0.25, 0.3) is 0 Å². The van der Waals surface area contributed by atoms with Gasteiger partial charge in [-0.05, 0) is 48.9 Å². The van der Waals surface area contributed by atoms with Crippen molar-refractivity contribution >= 4 is 11.3 Å². The summed E-state index contributed by atoms with van der Waals surface area (Å²) in [5.74, 6) is 0. The minimum Gasteiger partial charge on any atom is -0.383 e. The highest BCUT2D eigenvalue weighted by Crippen LogP contribution is 2.31. The van der Waals surface area contributed by atoms with Gasteiger partial charge in [-0.3, -0.25) is 0 Å². The van der Waals surface area contributed by atoms with Gasteiger partial charge in [0.15, 0.2) is 0 Å². The molecule has 0 saturated carbocycles. The molecule has 0 spiro atoms. The maximum Gasteiger partial charge on any atom is 0.114 e. The molecule has 1 aromatic heterocycles. The Labute approximate surface area is 100 Å². The van der Waals surface area contributed by atoms with Crippen molar-refractivity contribution in [2.75, 3.05) is 0 Å². The topological polar surface area (TPSA) is 20.2 Å². The highest BCUT2D eigenvalue weighted by Gasteiger charge is 2.15. The number of aliphatic hydroxyl groups is 1. The minimum atomic E-state index is -0.486. The van der Waals surface area contributed by atoms with Crippen LogP contribution in [0.4, 0.5) is 0 Å². The molecule has 1 unspecified atom stereocenters. The summed E-state index contributed by atoms with van der Waals surface area (Å²) in [6.45, 7) is 6.16. The van der Waals surface area contributed by atoms with E-state index >= 15 is 0 Å². The number of aliphatic hydroxyl groups excluding tert-OH is 1. The molecule has 0 saturated heterocycles. The lowest BCUT2D eigenvalue weighted by molar-refractivity contribution is 0.222. The summed E-state index contributed by atoms with van der Waals surface area (Å²) < 4.78 is 0. The van der Waals surface area contributed by atoms with Crippen molar-refractivity contribution in [3.8, 4) is 0 Å². The molecule has 1 nitrogen and oxygen atoms in total. The molecule has 0 bridgehead atoms. The molecular formula is C14H16OS. The van der Waals surface area contributed by atoms with Crippen LogP contribution in [0.2, 0.25) is 0 Å². The zero-order chi connectivity index (χ0) is 11.7. The highest BCUT2D eigenvalue weighted by molar-refractivity contribution is 7.10. The van der Waals surface area contributed by atoms with Gasteiger partial charge in [-0.2, -0.15) is 0 Å². The van der Waals surface area contributed by atoms with Crippen LogP contribution < -0.4 is 0 Å². The lowest BCUT2D eigenvalue weighted by Crippen LogP contribution is -2.01. The van der Waals surface area contributed by atoms with E-state index in [1.165, 1.54) is 5.56 Å². The summed E-state index contributed by atoms with van der Waals surface area (Å²) in [7, 11) is 0. The predicted octanol–water partition coefficient (Wildman–Crippen LogP) is 3.76. The number of rotatable bonds is 2. The van der Waals surface area contributed by atoms with Crippen LogP contribution in [0, 0.1) is 20.8 Å². The van der Waals surface area contributed by atoms with Gasteiger partial charge in [0.1, 0.15) is 6.10 Å². The van der Waals surface area contributed by atoms with Crippen molar-refractivity contribution in [3.05, 3.63) is 56.8 Å². The fourth-order valence-corrected chi connectivity index (χ4v) is 2.87. The Balaban J connectivity index is 2.41. The molecule has 84 valence electrons. The molecule has 2 heteroatoms. The standard InChI is InChI=1S/C14H16OS/c1-9-4-5-12(11(3)8-9)13(15)14-10(2)6-7-16-14/h4-8,13,15H,1-3H3. The fraction of sp³-hybridized carbons (Fsp3) is 0.286. The Kier molecular flexibility index (Phi) is 3.13. The van der Waals surface area contributed by atoms with E-state index in [1.54, 1.807) is 11.3 Å². The summed E-state index contributed by atoms with van der Waals surface area (Å²) in [5, 5.41) is 12.4. The van der Waals surface area contributed by atoms with Crippen molar-refractivity contribution in [1.29, 1.82) is 0 Å². The lowest BCUT2D eigenvalue weighted by Gasteiger charge is -2.14. The zero-order valence-corrected chi connectivity index (χ0v) is 10.6. The predicted molar refractivity (Wildman–Crippen MR) is 69.0 cm³/mol. The number of hydrogen-bond acceptors (Lipinski definition) is 2. The van der Waals surface area contributed by atoms with Crippen LogP contribution >= 0.6 is 11.3 Å². The molecule has 0 aliphatic rings. The number of benzene rings is 1. The zero-order valence-electron chi connectivity index (χ0n) is 9.82. The molecule has 0 fully saturated rings. The summed E-state index contributed by atoms with van der Waals surface area (Å²) in [5.41, 5.74) is 4.56. The van der Waals surface area contributed by atoms with Crippen LogP contribution in [-0.2, 0) is 0 Å². The Bertz CT molecular complexity index is 499. The van der Waals surface area contributed by atoms with E-state index in [1.807, 2.05) is 24.4 Å². The second-order valence-corrected chi connectivity index (χ2v) is 5.18. The number of thiophene rings is 1. The SMILES string of the molecule is Cc1ccc(C(O)c2sccc2C)c(C)c1. The number of aryl methyl sites for hydroxylation is 3. The molecule has 0 aliphatic carbocycles. The van der Waals surface area contributed by atoms with Gasteiger partial charge in [0.05, 0.1) is 0 Å². The monoisotopic (exact) mass is 232 g/mol. The van der Waals surface area contributed by atoms with Crippen LogP contribution in [0.25, 0.3) is 0 Å². The van der Waals surface area contributed by atoms with Crippen LogP contribution in [0.5, 0.6) is 0 Å². The molecule has 1 heterocycles. The summed E-state index contributed by atoms with van der Waals surface area (Å²) in [6, 6.07) is 8.23. The summed E-state index contributed by atoms with van der Waals surface area (Å²) in [4.78, 5) is 1.05. The van der Waals surface area contributed by atoms with Crippen LogP contribution in [0.1, 0.15) is 33.2 Å². The Morgan fingerprint density at radius 2 is 1.81 bits per heavy atom. The van der Waals surface area contributed by atoms with Crippen molar-refractivity contribution in [3.63, 3.8) is 0 Å². The first-order valence-electron chi connectivity index (χ1n) is 5.39. The van der Waals surface area contributed by atoms with Crippen LogP contribution in [0.15, 0.2) is 29.6 Å². The van der Waals surface area contributed by atoms with E-state index in [0.29, 0.717) is 0 Å². The molecule has 16 heavy (non-hydrogen) atoms. The first-order chi connectivity index (χ1) is 7.59. The van der Waals surface area contributed by atoms with Crippen molar-refractivity contribution < 1.29 is 5.11 Å². The second-order valence-electron chi connectivity index (χ2n) is 4.23. The fourth-order valence-electron chi connectivity index (χ4n) is 1.94. The van der Waals surface area contributed by atoms with E-state index in [4.69, 9.17) is 0 Å². The van der Waals surface area contributed by atoms with Crippen LogP contribution in [-0.4, -0.2) is 5.11 Å². The molecule has 0 amide bonds. The molecule has 1 N–H and O–H groups in total. The van der Waals surface area contributed by atoms with Crippen molar-refractivity contribution in [2.45, 2.75) is 26.9 Å². The maximum atomic E-state index is 10.3.